The van der Waals surface area contributed by atoms with Crippen LogP contribution in [0.2, 0.25) is 5.02 Å². The summed E-state index contributed by atoms with van der Waals surface area (Å²) in [7, 11) is 0. The van der Waals surface area contributed by atoms with E-state index in [1.807, 2.05) is 19.1 Å². The second kappa shape index (κ2) is 8.41. The van der Waals surface area contributed by atoms with Gasteiger partial charge in [-0.25, -0.2) is 9.18 Å². The Morgan fingerprint density at radius 3 is 2.86 bits per heavy atom. The first kappa shape index (κ1) is 20.5. The molecule has 1 aliphatic rings. The van der Waals surface area contributed by atoms with Gasteiger partial charge >= 0.3 is 6.03 Å². The third-order valence-corrected chi connectivity index (χ3v) is 4.82. The number of carbonyl (C=O) groups is 2. The molecule has 29 heavy (non-hydrogen) atoms. The van der Waals surface area contributed by atoms with Gasteiger partial charge in [0.25, 0.3) is 5.91 Å². The molecule has 6 nitrogen and oxygen atoms in total. The second-order valence-electron chi connectivity index (χ2n) is 6.51. The largest absolute Gasteiger partial charge is 0.453 e. The van der Waals surface area contributed by atoms with Crippen LogP contribution in [-0.2, 0) is 11.2 Å². The van der Waals surface area contributed by atoms with E-state index in [0.717, 1.165) is 11.1 Å². The molecule has 1 atom stereocenters. The maximum Gasteiger partial charge on any atom is 0.312 e. The van der Waals surface area contributed by atoms with E-state index in [1.165, 1.54) is 23.1 Å². The molecule has 0 spiro atoms. The number of nitrogens with one attached hydrogen (secondary N) is 1. The number of primary amides is 1. The highest BCUT2D eigenvalue weighted by Gasteiger charge is 2.36. The smallest absolute Gasteiger partial charge is 0.312 e. The van der Waals surface area contributed by atoms with Crippen molar-refractivity contribution in [3.8, 4) is 23.3 Å². The highest BCUT2D eigenvalue weighted by Crippen LogP contribution is 2.43. The Morgan fingerprint density at radius 2 is 2.17 bits per heavy atom. The van der Waals surface area contributed by atoms with Gasteiger partial charge in [-0.05, 0) is 37.1 Å². The van der Waals surface area contributed by atoms with E-state index in [2.05, 4.69) is 17.2 Å². The summed E-state index contributed by atoms with van der Waals surface area (Å²) >= 11 is 6.15. The van der Waals surface area contributed by atoms with Crippen molar-refractivity contribution in [1.29, 1.82) is 0 Å². The zero-order valence-corrected chi connectivity index (χ0v) is 16.6. The van der Waals surface area contributed by atoms with E-state index in [9.17, 15) is 14.0 Å². The molecular weight excluding hydrogens is 397 g/mol. The maximum absolute atomic E-state index is 13.7. The van der Waals surface area contributed by atoms with Gasteiger partial charge in [-0.2, -0.15) is 0 Å². The first-order valence-electron chi connectivity index (χ1n) is 8.84. The molecule has 0 fully saturated rings. The molecule has 2 aromatic rings. The molecule has 2 aromatic carbocycles. The van der Waals surface area contributed by atoms with Crippen LogP contribution in [0, 0.1) is 24.6 Å². The minimum absolute atomic E-state index is 0.0932. The number of urea groups is 1. The van der Waals surface area contributed by atoms with Crippen LogP contribution in [0.3, 0.4) is 0 Å². The van der Waals surface area contributed by atoms with Gasteiger partial charge in [-0.15, -0.1) is 5.92 Å². The molecule has 0 saturated heterocycles. The lowest BCUT2D eigenvalue weighted by Gasteiger charge is -2.35. The number of anilines is 1. The maximum atomic E-state index is 13.7. The van der Waals surface area contributed by atoms with Gasteiger partial charge < -0.3 is 15.8 Å². The number of fused-ring (bicyclic) bond motifs is 1. The van der Waals surface area contributed by atoms with E-state index in [0.29, 0.717) is 11.4 Å². The van der Waals surface area contributed by atoms with Gasteiger partial charge in [0.05, 0.1) is 17.3 Å². The predicted molar refractivity (Wildman–Crippen MR) is 109 cm³/mol. The predicted octanol–water partition coefficient (Wildman–Crippen LogP) is 3.53. The number of rotatable bonds is 4. The Kier molecular flexibility index (Phi) is 5.95. The van der Waals surface area contributed by atoms with Crippen molar-refractivity contribution in [1.82, 2.24) is 5.32 Å². The van der Waals surface area contributed by atoms with Crippen LogP contribution in [0.4, 0.5) is 14.9 Å². The molecule has 0 saturated carbocycles. The molecule has 0 bridgehead atoms. The second-order valence-corrected chi connectivity index (χ2v) is 6.92. The summed E-state index contributed by atoms with van der Waals surface area (Å²) in [6.45, 7) is 3.56. The number of hydrogen-bond acceptors (Lipinski definition) is 3. The highest BCUT2D eigenvalue weighted by atomic mass is 35.5. The quantitative estimate of drug-likeness (QED) is 0.749. The Morgan fingerprint density at radius 1 is 1.41 bits per heavy atom. The van der Waals surface area contributed by atoms with Gasteiger partial charge in [0.1, 0.15) is 17.6 Å². The van der Waals surface area contributed by atoms with Gasteiger partial charge in [0.15, 0.2) is 5.75 Å². The fourth-order valence-corrected chi connectivity index (χ4v) is 3.33. The lowest BCUT2D eigenvalue weighted by atomic mass is 9.94. The van der Waals surface area contributed by atoms with E-state index >= 15 is 0 Å². The Labute approximate surface area is 172 Å². The van der Waals surface area contributed by atoms with Crippen LogP contribution >= 0.6 is 11.6 Å². The van der Waals surface area contributed by atoms with Crippen molar-refractivity contribution in [3.05, 3.63) is 52.3 Å². The summed E-state index contributed by atoms with van der Waals surface area (Å²) in [5.41, 5.74) is 7.22. The number of amides is 3. The van der Waals surface area contributed by atoms with Crippen molar-refractivity contribution >= 4 is 29.2 Å². The van der Waals surface area contributed by atoms with Gasteiger partial charge in [0.2, 0.25) is 0 Å². The van der Waals surface area contributed by atoms with Crippen molar-refractivity contribution in [2.45, 2.75) is 26.3 Å². The first-order valence-corrected chi connectivity index (χ1v) is 9.22. The molecule has 0 unspecified atom stereocenters. The number of ether oxygens (including phenoxy) is 1. The van der Waals surface area contributed by atoms with E-state index < -0.39 is 17.9 Å². The molecular formula is C21H19ClFN3O3. The van der Waals surface area contributed by atoms with Gasteiger partial charge in [0, 0.05) is 12.5 Å². The van der Waals surface area contributed by atoms with Crippen LogP contribution in [0.1, 0.15) is 18.1 Å². The lowest BCUT2D eigenvalue weighted by molar-refractivity contribution is -0.120. The number of benzene rings is 2. The third kappa shape index (κ3) is 4.28. The van der Waals surface area contributed by atoms with Crippen LogP contribution in [0.5, 0.6) is 11.5 Å². The van der Waals surface area contributed by atoms with E-state index in [4.69, 9.17) is 22.1 Å². The van der Waals surface area contributed by atoms with Crippen molar-refractivity contribution in [2.75, 3.05) is 11.4 Å². The Hall–Kier alpha value is -3.24. The summed E-state index contributed by atoms with van der Waals surface area (Å²) in [6, 6.07) is 5.88. The van der Waals surface area contributed by atoms with Crippen LogP contribution in [0.15, 0.2) is 30.3 Å². The number of carbonyl (C=O) groups excluding carboxylic acids is 2. The third-order valence-electron chi connectivity index (χ3n) is 4.51. The number of halogens is 2. The summed E-state index contributed by atoms with van der Waals surface area (Å²) in [5, 5.41) is 2.70. The lowest BCUT2D eigenvalue weighted by Crippen LogP contribution is -2.54. The zero-order chi connectivity index (χ0) is 21.1. The minimum Gasteiger partial charge on any atom is -0.453 e. The number of aryl methyl sites for hydroxylation is 1. The number of hydrogen-bond donors (Lipinski definition) is 2. The molecule has 3 N–H and O–H groups in total. The average Bonchev–Trinajstić information content (AvgIpc) is 2.67. The molecule has 3 rings (SSSR count). The van der Waals surface area contributed by atoms with Gasteiger partial charge in [-0.1, -0.05) is 29.7 Å². The Balaban J connectivity index is 2.12. The first-order chi connectivity index (χ1) is 13.8. The number of nitrogens with two attached hydrogens (primary N) is 1. The summed E-state index contributed by atoms with van der Waals surface area (Å²) in [6.07, 6.45) is 0.237. The molecule has 0 aromatic heterocycles. The van der Waals surface area contributed by atoms with Crippen LogP contribution < -0.4 is 20.7 Å². The minimum atomic E-state index is -0.813. The van der Waals surface area contributed by atoms with Crippen LogP contribution in [-0.4, -0.2) is 24.5 Å². The van der Waals surface area contributed by atoms with Crippen LogP contribution in [0.25, 0.3) is 0 Å². The normalized spacial score (nSPS) is 15.2. The molecule has 8 heteroatoms. The van der Waals surface area contributed by atoms with Gasteiger partial charge in [-0.3, -0.25) is 9.69 Å². The standard InChI is InChI=1S/C21H19ClFN3O3/c1-3-4-9-26-18-13(10-16(20(26)27)25-21(24)28)6-5-12(2)19(18)29-17-11-14(23)7-8-15(17)22/h5-8,11,16H,9-10H2,1-2H3,(H3,24,25,28)/t16-/m1/s1. The molecule has 0 aliphatic carbocycles. The van der Waals surface area contributed by atoms with Crippen molar-refractivity contribution < 1.29 is 18.7 Å². The average molecular weight is 416 g/mol. The highest BCUT2D eigenvalue weighted by molar-refractivity contribution is 6.32. The topological polar surface area (TPSA) is 84.7 Å². The number of nitrogens with zero attached hydrogens (tertiary/aromatic N) is 1. The zero-order valence-electron chi connectivity index (χ0n) is 15.9. The summed E-state index contributed by atoms with van der Waals surface area (Å²) < 4.78 is 19.7. The molecule has 150 valence electrons. The SMILES string of the molecule is CC#CCN1C(=O)[C@H](NC(N)=O)Cc2ccc(C)c(Oc3cc(F)ccc3Cl)c21. The molecule has 1 aliphatic heterocycles. The van der Waals surface area contributed by atoms with Crippen molar-refractivity contribution in [3.63, 3.8) is 0 Å². The Bertz CT molecular complexity index is 1050. The fraction of sp³-hybridized carbons (Fsp3) is 0.238. The summed E-state index contributed by atoms with van der Waals surface area (Å²) in [5.74, 6) is 5.27. The van der Waals surface area contributed by atoms with E-state index in [-0.39, 0.29) is 29.6 Å². The molecule has 1 heterocycles. The fourth-order valence-electron chi connectivity index (χ4n) is 3.17. The van der Waals surface area contributed by atoms with Crippen molar-refractivity contribution in [2.24, 2.45) is 5.73 Å². The summed E-state index contributed by atoms with van der Waals surface area (Å²) in [4.78, 5) is 25.8. The molecule has 0 radical (unpaired) electrons. The molecule has 3 amide bonds. The van der Waals surface area contributed by atoms with E-state index in [1.54, 1.807) is 6.92 Å². The monoisotopic (exact) mass is 415 g/mol.